The topological polar surface area (TPSA) is 73.9 Å². The van der Waals surface area contributed by atoms with Crippen molar-refractivity contribution in [2.75, 3.05) is 57.0 Å². The number of nitrogens with one attached hydrogen (secondary N) is 2. The maximum Gasteiger partial charge on any atom is 0.238 e. The van der Waals surface area contributed by atoms with Gasteiger partial charge in [0.05, 0.1) is 20.2 Å². The number of carbonyl (C=O) groups is 2. The molecule has 1 heterocycles. The standard InChI is InChI=1S/C23H30N4O3/c1-17-6-4-7-18(2)23(17)25-22(29)16-27-12-10-26(11-13-27)15-21(28)24-19-8-5-9-20(14-19)30-3/h4-9,14H,10-13,15-16H2,1-3H3,(H,24,28)(H,25,29). The van der Waals surface area contributed by atoms with Crippen LogP contribution in [0.15, 0.2) is 42.5 Å². The summed E-state index contributed by atoms with van der Waals surface area (Å²) in [5.41, 5.74) is 3.75. The Morgan fingerprint density at radius 2 is 1.40 bits per heavy atom. The Labute approximate surface area is 178 Å². The number of nitrogens with zero attached hydrogens (tertiary/aromatic N) is 2. The maximum absolute atomic E-state index is 12.5. The zero-order valence-corrected chi connectivity index (χ0v) is 17.9. The van der Waals surface area contributed by atoms with E-state index in [2.05, 4.69) is 20.4 Å². The van der Waals surface area contributed by atoms with E-state index in [0.29, 0.717) is 18.8 Å². The van der Waals surface area contributed by atoms with Gasteiger partial charge in [-0.3, -0.25) is 19.4 Å². The van der Waals surface area contributed by atoms with Crippen molar-refractivity contribution in [2.24, 2.45) is 0 Å². The van der Waals surface area contributed by atoms with E-state index in [9.17, 15) is 9.59 Å². The molecule has 7 nitrogen and oxygen atoms in total. The number of anilines is 2. The summed E-state index contributed by atoms with van der Waals surface area (Å²) in [6, 6.07) is 13.3. The summed E-state index contributed by atoms with van der Waals surface area (Å²) in [5, 5.41) is 5.94. The van der Waals surface area contributed by atoms with Crippen LogP contribution < -0.4 is 15.4 Å². The molecule has 0 radical (unpaired) electrons. The van der Waals surface area contributed by atoms with Crippen molar-refractivity contribution in [3.63, 3.8) is 0 Å². The van der Waals surface area contributed by atoms with Gasteiger partial charge in [-0.25, -0.2) is 0 Å². The summed E-state index contributed by atoms with van der Waals surface area (Å²) in [5.74, 6) is 0.654. The molecule has 2 amide bonds. The number of carbonyl (C=O) groups excluding carboxylic acids is 2. The number of benzene rings is 2. The molecule has 0 spiro atoms. The molecule has 0 unspecified atom stereocenters. The van der Waals surface area contributed by atoms with Crippen LogP contribution in [0.5, 0.6) is 5.75 Å². The van der Waals surface area contributed by atoms with Gasteiger partial charge in [-0.2, -0.15) is 0 Å². The molecule has 0 saturated carbocycles. The van der Waals surface area contributed by atoms with E-state index in [1.165, 1.54) is 0 Å². The molecule has 30 heavy (non-hydrogen) atoms. The molecule has 1 saturated heterocycles. The van der Waals surface area contributed by atoms with Crippen LogP contribution in [0.3, 0.4) is 0 Å². The van der Waals surface area contributed by atoms with Gasteiger partial charge in [0.2, 0.25) is 11.8 Å². The van der Waals surface area contributed by atoms with Gasteiger partial charge in [0.25, 0.3) is 0 Å². The van der Waals surface area contributed by atoms with Crippen LogP contribution in [-0.4, -0.2) is 68.0 Å². The molecule has 2 aromatic carbocycles. The Morgan fingerprint density at radius 1 is 0.867 bits per heavy atom. The minimum Gasteiger partial charge on any atom is -0.497 e. The van der Waals surface area contributed by atoms with Crippen LogP contribution in [0.2, 0.25) is 0 Å². The van der Waals surface area contributed by atoms with Gasteiger partial charge < -0.3 is 15.4 Å². The number of methoxy groups -OCH3 is 1. The summed E-state index contributed by atoms with van der Waals surface area (Å²) in [4.78, 5) is 29.0. The molecule has 1 aliphatic heterocycles. The number of ether oxygens (including phenoxy) is 1. The SMILES string of the molecule is COc1cccc(NC(=O)CN2CCN(CC(=O)Nc3c(C)cccc3C)CC2)c1. The molecule has 160 valence electrons. The molecule has 7 heteroatoms. The first-order valence-electron chi connectivity index (χ1n) is 10.2. The summed E-state index contributed by atoms with van der Waals surface area (Å²) in [6.07, 6.45) is 0. The molecule has 0 aliphatic carbocycles. The molecule has 2 aromatic rings. The number of aryl methyl sites for hydroxylation is 2. The third-order valence-electron chi connectivity index (χ3n) is 5.30. The lowest BCUT2D eigenvalue weighted by molar-refractivity contribution is -0.120. The van der Waals surface area contributed by atoms with Crippen molar-refractivity contribution in [3.05, 3.63) is 53.6 Å². The first-order chi connectivity index (χ1) is 14.4. The van der Waals surface area contributed by atoms with Crippen molar-refractivity contribution in [1.82, 2.24) is 9.80 Å². The fourth-order valence-corrected chi connectivity index (χ4v) is 3.60. The zero-order chi connectivity index (χ0) is 21.5. The van der Waals surface area contributed by atoms with Gasteiger partial charge >= 0.3 is 0 Å². The number of amides is 2. The Kier molecular flexibility index (Phi) is 7.43. The number of hydrogen-bond donors (Lipinski definition) is 2. The first kappa shape index (κ1) is 21.8. The number of hydrogen-bond acceptors (Lipinski definition) is 5. The van der Waals surface area contributed by atoms with Crippen LogP contribution in [0.25, 0.3) is 0 Å². The second-order valence-electron chi connectivity index (χ2n) is 7.65. The van der Waals surface area contributed by atoms with Gasteiger partial charge in [0, 0.05) is 43.6 Å². The van der Waals surface area contributed by atoms with Crippen LogP contribution >= 0.6 is 0 Å². The fraction of sp³-hybridized carbons (Fsp3) is 0.391. The predicted octanol–water partition coefficient (Wildman–Crippen LogP) is 2.51. The average molecular weight is 411 g/mol. The first-order valence-corrected chi connectivity index (χ1v) is 10.2. The smallest absolute Gasteiger partial charge is 0.238 e. The zero-order valence-electron chi connectivity index (χ0n) is 17.9. The molecule has 2 N–H and O–H groups in total. The van der Waals surface area contributed by atoms with E-state index in [1.807, 2.05) is 50.2 Å². The second-order valence-corrected chi connectivity index (χ2v) is 7.65. The quantitative estimate of drug-likeness (QED) is 0.734. The Morgan fingerprint density at radius 3 is 1.97 bits per heavy atom. The van der Waals surface area contributed by atoms with E-state index in [4.69, 9.17) is 4.74 Å². The normalized spacial score (nSPS) is 14.9. The van der Waals surface area contributed by atoms with Crippen LogP contribution in [-0.2, 0) is 9.59 Å². The molecule has 3 rings (SSSR count). The second kappa shape index (κ2) is 10.2. The van der Waals surface area contributed by atoms with E-state index in [1.54, 1.807) is 13.2 Å². The van der Waals surface area contributed by atoms with E-state index in [-0.39, 0.29) is 11.8 Å². The fourth-order valence-electron chi connectivity index (χ4n) is 3.60. The number of rotatable bonds is 7. The summed E-state index contributed by atoms with van der Waals surface area (Å²) < 4.78 is 5.18. The predicted molar refractivity (Wildman–Crippen MR) is 119 cm³/mol. The highest BCUT2D eigenvalue weighted by atomic mass is 16.5. The van der Waals surface area contributed by atoms with E-state index in [0.717, 1.165) is 48.7 Å². The molecule has 0 atom stereocenters. The highest BCUT2D eigenvalue weighted by Gasteiger charge is 2.21. The lowest BCUT2D eigenvalue weighted by atomic mass is 10.1. The average Bonchev–Trinajstić information content (AvgIpc) is 2.72. The van der Waals surface area contributed by atoms with Crippen molar-refractivity contribution < 1.29 is 14.3 Å². The molecular formula is C23H30N4O3. The lowest BCUT2D eigenvalue weighted by Crippen LogP contribution is -2.50. The highest BCUT2D eigenvalue weighted by molar-refractivity contribution is 5.94. The summed E-state index contributed by atoms with van der Waals surface area (Å²) in [7, 11) is 1.60. The maximum atomic E-state index is 12.5. The Balaban J connectivity index is 1.42. The third kappa shape index (κ3) is 6.05. The Hall–Kier alpha value is -2.90. The largest absolute Gasteiger partial charge is 0.497 e. The molecule has 1 fully saturated rings. The van der Waals surface area contributed by atoms with Crippen LogP contribution in [0.1, 0.15) is 11.1 Å². The highest BCUT2D eigenvalue weighted by Crippen LogP contribution is 2.19. The third-order valence-corrected chi connectivity index (χ3v) is 5.30. The van der Waals surface area contributed by atoms with E-state index >= 15 is 0 Å². The minimum absolute atomic E-state index is 0.00313. The van der Waals surface area contributed by atoms with Crippen molar-refractivity contribution in [3.8, 4) is 5.75 Å². The number of piperazine rings is 1. The summed E-state index contributed by atoms with van der Waals surface area (Å²) >= 11 is 0. The monoisotopic (exact) mass is 410 g/mol. The van der Waals surface area contributed by atoms with Gasteiger partial charge in [0.15, 0.2) is 0 Å². The van der Waals surface area contributed by atoms with Crippen molar-refractivity contribution in [1.29, 1.82) is 0 Å². The van der Waals surface area contributed by atoms with Gasteiger partial charge in [-0.15, -0.1) is 0 Å². The van der Waals surface area contributed by atoms with Crippen LogP contribution in [0, 0.1) is 13.8 Å². The molecule has 1 aliphatic rings. The molecule has 0 aromatic heterocycles. The molecular weight excluding hydrogens is 380 g/mol. The van der Waals surface area contributed by atoms with Crippen LogP contribution in [0.4, 0.5) is 11.4 Å². The van der Waals surface area contributed by atoms with Gasteiger partial charge in [-0.05, 0) is 37.1 Å². The van der Waals surface area contributed by atoms with Gasteiger partial charge in [-0.1, -0.05) is 24.3 Å². The van der Waals surface area contributed by atoms with Gasteiger partial charge in [0.1, 0.15) is 5.75 Å². The summed E-state index contributed by atoms with van der Waals surface area (Å²) in [6.45, 7) is 7.71. The number of para-hydroxylation sites is 1. The minimum atomic E-state index is -0.0514. The Bertz CT molecular complexity index is 872. The van der Waals surface area contributed by atoms with Crippen molar-refractivity contribution >= 4 is 23.2 Å². The van der Waals surface area contributed by atoms with Crippen molar-refractivity contribution in [2.45, 2.75) is 13.8 Å². The lowest BCUT2D eigenvalue weighted by Gasteiger charge is -2.33. The molecule has 0 bridgehead atoms. The van der Waals surface area contributed by atoms with E-state index < -0.39 is 0 Å².